The molecule has 0 aliphatic carbocycles. The van der Waals surface area contributed by atoms with E-state index in [0.717, 1.165) is 5.56 Å². The predicted molar refractivity (Wildman–Crippen MR) is 79.6 cm³/mol. The van der Waals surface area contributed by atoms with Crippen LogP contribution in [0.25, 0.3) is 11.5 Å². The summed E-state index contributed by atoms with van der Waals surface area (Å²) in [5, 5.41) is 7.72. The Morgan fingerprint density at radius 2 is 1.78 bits per heavy atom. The third-order valence-corrected chi connectivity index (χ3v) is 3.14. The summed E-state index contributed by atoms with van der Waals surface area (Å²) < 4.78 is 23.9. The molecule has 0 saturated heterocycles. The molecule has 0 aliphatic rings. The van der Waals surface area contributed by atoms with Gasteiger partial charge in [-0.05, 0) is 23.8 Å². The van der Waals surface area contributed by atoms with Crippen LogP contribution in [0.4, 0.5) is 4.39 Å². The number of carbonyl (C=O) groups is 1. The number of aromatic nitrogens is 2. The molecule has 6 heteroatoms. The summed E-state index contributed by atoms with van der Waals surface area (Å²) >= 11 is 0. The molecule has 0 N–H and O–H groups in total. The smallest absolute Gasteiger partial charge is 0.310 e. The van der Waals surface area contributed by atoms with Crippen LogP contribution in [0.15, 0.2) is 59.0 Å². The molecular formula is C17H13FN2O3. The van der Waals surface area contributed by atoms with E-state index in [1.165, 1.54) is 12.1 Å². The van der Waals surface area contributed by atoms with Crippen molar-refractivity contribution >= 4 is 5.97 Å². The van der Waals surface area contributed by atoms with E-state index in [-0.39, 0.29) is 24.5 Å². The lowest BCUT2D eigenvalue weighted by molar-refractivity contribution is -0.144. The molecule has 0 saturated carbocycles. The Morgan fingerprint density at radius 3 is 2.57 bits per heavy atom. The zero-order valence-corrected chi connectivity index (χ0v) is 12.1. The molecular weight excluding hydrogens is 299 g/mol. The summed E-state index contributed by atoms with van der Waals surface area (Å²) in [6, 6.07) is 15.3. The number of hydrogen-bond donors (Lipinski definition) is 0. The van der Waals surface area contributed by atoms with E-state index in [0.29, 0.717) is 5.89 Å². The normalized spacial score (nSPS) is 10.5. The molecule has 0 fully saturated rings. The highest BCUT2D eigenvalue weighted by Crippen LogP contribution is 2.17. The van der Waals surface area contributed by atoms with Gasteiger partial charge in [-0.25, -0.2) is 4.39 Å². The van der Waals surface area contributed by atoms with Crippen LogP contribution in [0.5, 0.6) is 0 Å². The zero-order valence-electron chi connectivity index (χ0n) is 12.1. The Hall–Kier alpha value is -3.02. The summed E-state index contributed by atoms with van der Waals surface area (Å²) in [6.07, 6.45) is -0.146. The van der Waals surface area contributed by atoms with Gasteiger partial charge in [-0.15, -0.1) is 10.2 Å². The van der Waals surface area contributed by atoms with Gasteiger partial charge in [0.05, 0.1) is 6.42 Å². The topological polar surface area (TPSA) is 65.2 Å². The number of ether oxygens (including phenoxy) is 1. The van der Waals surface area contributed by atoms with Gasteiger partial charge in [0.1, 0.15) is 5.82 Å². The van der Waals surface area contributed by atoms with Crippen molar-refractivity contribution in [3.8, 4) is 11.5 Å². The maximum absolute atomic E-state index is 13.5. The van der Waals surface area contributed by atoms with Crippen LogP contribution in [-0.4, -0.2) is 16.2 Å². The standard InChI is InChI=1S/C17H13FN2O3/c18-14-9-5-4-8-13(14)10-16(21)22-11-15-19-20-17(23-15)12-6-2-1-3-7-12/h1-9H,10-11H2. The number of nitrogens with zero attached hydrogens (tertiary/aromatic N) is 2. The average Bonchev–Trinajstić information content (AvgIpc) is 3.05. The fraction of sp³-hybridized carbons (Fsp3) is 0.118. The summed E-state index contributed by atoms with van der Waals surface area (Å²) in [7, 11) is 0. The summed E-state index contributed by atoms with van der Waals surface area (Å²) in [5.74, 6) is -0.459. The third-order valence-electron chi connectivity index (χ3n) is 3.14. The second-order valence-electron chi connectivity index (χ2n) is 4.80. The molecule has 0 radical (unpaired) electrons. The van der Waals surface area contributed by atoms with Gasteiger partial charge in [-0.1, -0.05) is 36.4 Å². The Morgan fingerprint density at radius 1 is 1.04 bits per heavy atom. The van der Waals surface area contributed by atoms with Crippen LogP contribution in [0.1, 0.15) is 11.5 Å². The highest BCUT2D eigenvalue weighted by atomic mass is 19.1. The van der Waals surface area contributed by atoms with E-state index in [9.17, 15) is 9.18 Å². The van der Waals surface area contributed by atoms with Crippen molar-refractivity contribution in [2.45, 2.75) is 13.0 Å². The van der Waals surface area contributed by atoms with E-state index >= 15 is 0 Å². The van der Waals surface area contributed by atoms with Crippen molar-refractivity contribution in [1.29, 1.82) is 0 Å². The van der Waals surface area contributed by atoms with Crippen LogP contribution >= 0.6 is 0 Å². The van der Waals surface area contributed by atoms with E-state index in [1.54, 1.807) is 12.1 Å². The number of esters is 1. The molecule has 3 rings (SSSR count). The molecule has 2 aromatic carbocycles. The highest BCUT2D eigenvalue weighted by molar-refractivity contribution is 5.72. The van der Waals surface area contributed by atoms with Crippen molar-refractivity contribution in [2.75, 3.05) is 0 Å². The van der Waals surface area contributed by atoms with Gasteiger partial charge in [-0.2, -0.15) is 0 Å². The maximum Gasteiger partial charge on any atom is 0.310 e. The fourth-order valence-corrected chi connectivity index (χ4v) is 2.00. The molecule has 0 amide bonds. The van der Waals surface area contributed by atoms with Crippen LogP contribution in [-0.2, 0) is 22.6 Å². The quantitative estimate of drug-likeness (QED) is 0.677. The van der Waals surface area contributed by atoms with Crippen molar-refractivity contribution in [2.24, 2.45) is 0 Å². The molecule has 0 bridgehead atoms. The number of hydrogen-bond acceptors (Lipinski definition) is 5. The van der Waals surface area contributed by atoms with Gasteiger partial charge in [0, 0.05) is 5.56 Å². The first-order valence-electron chi connectivity index (χ1n) is 6.99. The molecule has 0 atom stereocenters. The van der Waals surface area contributed by atoms with Gasteiger partial charge in [-0.3, -0.25) is 4.79 Å². The summed E-state index contributed by atoms with van der Waals surface area (Å²) in [6.45, 7) is -0.146. The summed E-state index contributed by atoms with van der Waals surface area (Å²) in [5.41, 5.74) is 1.07. The SMILES string of the molecule is O=C(Cc1ccccc1F)OCc1nnc(-c2ccccc2)o1. The largest absolute Gasteiger partial charge is 0.455 e. The van der Waals surface area contributed by atoms with E-state index in [4.69, 9.17) is 9.15 Å². The Balaban J connectivity index is 1.58. The van der Waals surface area contributed by atoms with E-state index < -0.39 is 11.8 Å². The second kappa shape index (κ2) is 6.83. The number of rotatable bonds is 5. The number of benzene rings is 2. The minimum Gasteiger partial charge on any atom is -0.455 e. The molecule has 23 heavy (non-hydrogen) atoms. The van der Waals surface area contributed by atoms with Crippen LogP contribution in [0.3, 0.4) is 0 Å². The Labute approximate surface area is 131 Å². The van der Waals surface area contributed by atoms with E-state index in [2.05, 4.69) is 10.2 Å². The maximum atomic E-state index is 13.5. The van der Waals surface area contributed by atoms with Crippen LogP contribution < -0.4 is 0 Å². The number of carbonyl (C=O) groups excluding carboxylic acids is 1. The van der Waals surface area contributed by atoms with Gasteiger partial charge in [0.25, 0.3) is 5.89 Å². The molecule has 5 nitrogen and oxygen atoms in total. The second-order valence-corrected chi connectivity index (χ2v) is 4.80. The molecule has 3 aromatic rings. The lowest BCUT2D eigenvalue weighted by Crippen LogP contribution is -2.09. The zero-order chi connectivity index (χ0) is 16.1. The minimum absolute atomic E-state index is 0.146. The van der Waals surface area contributed by atoms with Gasteiger partial charge >= 0.3 is 5.97 Å². The lowest BCUT2D eigenvalue weighted by atomic mass is 10.1. The van der Waals surface area contributed by atoms with Crippen molar-refractivity contribution < 1.29 is 18.3 Å². The van der Waals surface area contributed by atoms with Crippen LogP contribution in [0.2, 0.25) is 0 Å². The predicted octanol–water partition coefficient (Wildman–Crippen LogP) is 3.16. The Bertz CT molecular complexity index is 802. The van der Waals surface area contributed by atoms with Crippen molar-refractivity contribution in [3.63, 3.8) is 0 Å². The molecule has 0 aliphatic heterocycles. The minimum atomic E-state index is -0.561. The molecule has 1 heterocycles. The lowest BCUT2D eigenvalue weighted by Gasteiger charge is -2.03. The highest BCUT2D eigenvalue weighted by Gasteiger charge is 2.12. The molecule has 1 aromatic heterocycles. The van der Waals surface area contributed by atoms with Crippen LogP contribution in [0, 0.1) is 5.82 Å². The van der Waals surface area contributed by atoms with Gasteiger partial charge in [0.2, 0.25) is 5.89 Å². The van der Waals surface area contributed by atoms with Crippen molar-refractivity contribution in [1.82, 2.24) is 10.2 Å². The number of halogens is 1. The monoisotopic (exact) mass is 312 g/mol. The molecule has 0 unspecified atom stereocenters. The van der Waals surface area contributed by atoms with E-state index in [1.807, 2.05) is 30.3 Å². The molecule has 0 spiro atoms. The first-order chi connectivity index (χ1) is 11.2. The fourth-order valence-electron chi connectivity index (χ4n) is 2.00. The Kier molecular flexibility index (Phi) is 4.42. The third kappa shape index (κ3) is 3.79. The first-order valence-corrected chi connectivity index (χ1v) is 6.99. The summed E-state index contributed by atoms with van der Waals surface area (Å²) in [4.78, 5) is 11.7. The molecule has 116 valence electrons. The van der Waals surface area contributed by atoms with Gasteiger partial charge in [0.15, 0.2) is 6.61 Å². The van der Waals surface area contributed by atoms with Crippen molar-refractivity contribution in [3.05, 3.63) is 71.9 Å². The van der Waals surface area contributed by atoms with Gasteiger partial charge < -0.3 is 9.15 Å². The first kappa shape index (κ1) is 14.9. The average molecular weight is 312 g/mol.